The summed E-state index contributed by atoms with van der Waals surface area (Å²) in [6.45, 7) is 3.57. The average molecular weight is 236 g/mol. The number of hydrazine groups is 1. The van der Waals surface area contributed by atoms with Crippen molar-refractivity contribution in [3.63, 3.8) is 0 Å². The van der Waals surface area contributed by atoms with Gasteiger partial charge in [0.2, 0.25) is 5.91 Å². The van der Waals surface area contributed by atoms with E-state index in [9.17, 15) is 4.79 Å². The molecule has 1 rings (SSSR count). The lowest BCUT2D eigenvalue weighted by Crippen LogP contribution is -2.31. The first-order chi connectivity index (χ1) is 8.26. The van der Waals surface area contributed by atoms with Crippen LogP contribution in [-0.4, -0.2) is 12.5 Å². The summed E-state index contributed by atoms with van der Waals surface area (Å²) < 4.78 is 5.50. The molecule has 1 aromatic carbocycles. The van der Waals surface area contributed by atoms with Gasteiger partial charge in [-0.1, -0.05) is 37.6 Å². The van der Waals surface area contributed by atoms with Crippen LogP contribution in [0.4, 0.5) is 0 Å². The second-order valence-electron chi connectivity index (χ2n) is 3.97. The number of unbranched alkanes of at least 4 members (excludes halogenated alkanes) is 1. The van der Waals surface area contributed by atoms with Gasteiger partial charge in [-0.15, -0.1) is 0 Å². The molecule has 0 aromatic heterocycles. The van der Waals surface area contributed by atoms with Gasteiger partial charge in [0.05, 0.1) is 13.0 Å². The monoisotopic (exact) mass is 236 g/mol. The molecule has 0 aliphatic rings. The molecule has 0 fully saturated rings. The van der Waals surface area contributed by atoms with Gasteiger partial charge >= 0.3 is 0 Å². The molecule has 0 unspecified atom stereocenters. The van der Waals surface area contributed by atoms with E-state index in [1.54, 1.807) is 0 Å². The Hall–Kier alpha value is -1.39. The normalized spacial score (nSPS) is 10.2. The van der Waals surface area contributed by atoms with Crippen LogP contribution in [0.3, 0.4) is 0 Å². The number of amides is 1. The number of nitrogens with two attached hydrogens (primary N) is 1. The van der Waals surface area contributed by atoms with Crippen molar-refractivity contribution in [2.75, 3.05) is 6.61 Å². The van der Waals surface area contributed by atoms with E-state index >= 15 is 0 Å². The number of nitrogens with one attached hydrogen (secondary N) is 1. The van der Waals surface area contributed by atoms with E-state index < -0.39 is 0 Å². The first-order valence-electron chi connectivity index (χ1n) is 5.91. The Bertz CT molecular complexity index is 336. The van der Waals surface area contributed by atoms with Gasteiger partial charge in [0, 0.05) is 6.61 Å². The summed E-state index contributed by atoms with van der Waals surface area (Å²) in [5.74, 6) is 4.84. The summed E-state index contributed by atoms with van der Waals surface area (Å²) in [4.78, 5) is 11.0. The van der Waals surface area contributed by atoms with Crippen LogP contribution in [0, 0.1) is 0 Å². The minimum atomic E-state index is -0.183. The van der Waals surface area contributed by atoms with Crippen molar-refractivity contribution in [2.45, 2.75) is 32.8 Å². The minimum absolute atomic E-state index is 0.183. The first-order valence-corrected chi connectivity index (χ1v) is 5.91. The van der Waals surface area contributed by atoms with Gasteiger partial charge in [-0.25, -0.2) is 5.84 Å². The quantitative estimate of drug-likeness (QED) is 0.326. The molecule has 0 atom stereocenters. The summed E-state index contributed by atoms with van der Waals surface area (Å²) in [5, 5.41) is 0. The van der Waals surface area contributed by atoms with Crippen molar-refractivity contribution < 1.29 is 9.53 Å². The Morgan fingerprint density at radius 2 is 1.94 bits per heavy atom. The highest BCUT2D eigenvalue weighted by Gasteiger charge is 2.01. The van der Waals surface area contributed by atoms with E-state index in [0.717, 1.165) is 30.6 Å². The fraction of sp³-hybridized carbons (Fsp3) is 0.462. The Morgan fingerprint density at radius 3 is 2.53 bits per heavy atom. The lowest BCUT2D eigenvalue weighted by atomic mass is 10.1. The first kappa shape index (κ1) is 13.7. The van der Waals surface area contributed by atoms with E-state index in [0.29, 0.717) is 13.0 Å². The topological polar surface area (TPSA) is 64.3 Å². The highest BCUT2D eigenvalue weighted by atomic mass is 16.5. The zero-order valence-corrected chi connectivity index (χ0v) is 10.2. The molecule has 4 heteroatoms. The number of benzene rings is 1. The number of carbonyl (C=O) groups excluding carboxylic acids is 1. The molecule has 0 aliphatic heterocycles. The van der Waals surface area contributed by atoms with Crippen LogP contribution in [0.15, 0.2) is 24.3 Å². The maximum Gasteiger partial charge on any atom is 0.238 e. The molecule has 17 heavy (non-hydrogen) atoms. The highest BCUT2D eigenvalue weighted by Crippen LogP contribution is 2.07. The third kappa shape index (κ3) is 5.47. The summed E-state index contributed by atoms with van der Waals surface area (Å²) in [5.41, 5.74) is 4.19. The standard InChI is InChI=1S/C13H20N2O2/c1-2-3-8-17-10-12-6-4-11(5-7-12)9-13(16)15-14/h4-7H,2-3,8-10,14H2,1H3,(H,15,16). The fourth-order valence-electron chi connectivity index (χ4n) is 1.43. The van der Waals surface area contributed by atoms with Crippen LogP contribution in [0.5, 0.6) is 0 Å². The molecule has 1 aromatic rings. The summed E-state index contributed by atoms with van der Waals surface area (Å²) in [6, 6.07) is 7.80. The molecule has 0 spiro atoms. The van der Waals surface area contributed by atoms with Crippen molar-refractivity contribution in [2.24, 2.45) is 5.84 Å². The van der Waals surface area contributed by atoms with Crippen molar-refractivity contribution in [1.29, 1.82) is 0 Å². The molecule has 0 saturated carbocycles. The molecule has 0 heterocycles. The van der Waals surface area contributed by atoms with Gasteiger partial charge in [0.1, 0.15) is 0 Å². The molecule has 1 amide bonds. The number of rotatable bonds is 7. The molecule has 0 saturated heterocycles. The van der Waals surface area contributed by atoms with Crippen molar-refractivity contribution in [3.05, 3.63) is 35.4 Å². The second kappa shape index (κ2) is 7.81. The van der Waals surface area contributed by atoms with Crippen LogP contribution >= 0.6 is 0 Å². The van der Waals surface area contributed by atoms with E-state index in [4.69, 9.17) is 10.6 Å². The van der Waals surface area contributed by atoms with Gasteiger partial charge in [-0.05, 0) is 17.5 Å². The van der Waals surface area contributed by atoms with Gasteiger partial charge in [-0.2, -0.15) is 0 Å². The molecular formula is C13H20N2O2. The van der Waals surface area contributed by atoms with E-state index in [1.165, 1.54) is 0 Å². The Morgan fingerprint density at radius 1 is 1.29 bits per heavy atom. The summed E-state index contributed by atoms with van der Waals surface area (Å²) in [6.07, 6.45) is 2.55. The smallest absolute Gasteiger partial charge is 0.238 e. The lowest BCUT2D eigenvalue weighted by molar-refractivity contribution is -0.120. The number of carbonyl (C=O) groups is 1. The summed E-state index contributed by atoms with van der Waals surface area (Å²) in [7, 11) is 0. The van der Waals surface area contributed by atoms with Gasteiger partial charge < -0.3 is 4.74 Å². The second-order valence-corrected chi connectivity index (χ2v) is 3.97. The Balaban J connectivity index is 2.36. The SMILES string of the molecule is CCCCOCc1ccc(CC(=O)NN)cc1. The summed E-state index contributed by atoms with van der Waals surface area (Å²) >= 11 is 0. The molecule has 94 valence electrons. The number of hydrogen-bond donors (Lipinski definition) is 2. The Kier molecular flexibility index (Phi) is 6.29. The van der Waals surface area contributed by atoms with Gasteiger partial charge in [0.25, 0.3) is 0 Å². The minimum Gasteiger partial charge on any atom is -0.377 e. The van der Waals surface area contributed by atoms with E-state index in [2.05, 4.69) is 12.3 Å². The van der Waals surface area contributed by atoms with Crippen molar-refractivity contribution in [1.82, 2.24) is 5.43 Å². The maximum atomic E-state index is 11.0. The highest BCUT2D eigenvalue weighted by molar-refractivity contribution is 5.77. The molecule has 0 radical (unpaired) electrons. The van der Waals surface area contributed by atoms with E-state index in [1.807, 2.05) is 24.3 Å². The zero-order chi connectivity index (χ0) is 12.5. The molecule has 0 bridgehead atoms. The van der Waals surface area contributed by atoms with Crippen LogP contribution in [0.2, 0.25) is 0 Å². The predicted molar refractivity (Wildman–Crippen MR) is 67.0 cm³/mol. The Labute approximate surface area is 102 Å². The van der Waals surface area contributed by atoms with Crippen LogP contribution in [-0.2, 0) is 22.6 Å². The molecule has 0 aliphatic carbocycles. The number of hydrogen-bond acceptors (Lipinski definition) is 3. The molecule has 3 N–H and O–H groups in total. The van der Waals surface area contributed by atoms with Crippen molar-refractivity contribution >= 4 is 5.91 Å². The largest absolute Gasteiger partial charge is 0.377 e. The maximum absolute atomic E-state index is 11.0. The third-order valence-corrected chi connectivity index (χ3v) is 2.46. The van der Waals surface area contributed by atoms with Crippen LogP contribution in [0.1, 0.15) is 30.9 Å². The van der Waals surface area contributed by atoms with Crippen LogP contribution < -0.4 is 11.3 Å². The van der Waals surface area contributed by atoms with Crippen LogP contribution in [0.25, 0.3) is 0 Å². The molecule has 4 nitrogen and oxygen atoms in total. The van der Waals surface area contributed by atoms with Gasteiger partial charge in [-0.3, -0.25) is 10.2 Å². The predicted octanol–water partition coefficient (Wildman–Crippen LogP) is 1.54. The fourth-order valence-corrected chi connectivity index (χ4v) is 1.43. The molecular weight excluding hydrogens is 216 g/mol. The van der Waals surface area contributed by atoms with Crippen molar-refractivity contribution in [3.8, 4) is 0 Å². The lowest BCUT2D eigenvalue weighted by Gasteiger charge is -2.05. The van der Waals surface area contributed by atoms with Gasteiger partial charge in [0.15, 0.2) is 0 Å². The average Bonchev–Trinajstić information content (AvgIpc) is 2.36. The third-order valence-electron chi connectivity index (χ3n) is 2.46. The number of ether oxygens (including phenoxy) is 1. The zero-order valence-electron chi connectivity index (χ0n) is 10.2. The van der Waals surface area contributed by atoms with E-state index in [-0.39, 0.29) is 5.91 Å².